The highest BCUT2D eigenvalue weighted by molar-refractivity contribution is 5.45. The van der Waals surface area contributed by atoms with E-state index in [0.717, 1.165) is 50.4 Å². The number of rotatable bonds is 38. The van der Waals surface area contributed by atoms with Crippen molar-refractivity contribution in [2.45, 2.75) is 232 Å². The Bertz CT molecular complexity index is 687. The van der Waals surface area contributed by atoms with Crippen molar-refractivity contribution in [3.63, 3.8) is 0 Å². The van der Waals surface area contributed by atoms with Crippen LogP contribution in [0.25, 0.3) is 0 Å². The molecule has 0 aliphatic heterocycles. The molecule has 1 aromatic carbocycles. The third kappa shape index (κ3) is 28.4. The smallest absolute Gasteiger partial charge is 0.126 e. The average Bonchev–Trinajstić information content (AvgIpc) is 3.08. The molecule has 0 amide bonds. The summed E-state index contributed by atoms with van der Waals surface area (Å²) < 4.78 is 12.6. The molecule has 0 bridgehead atoms. The van der Waals surface area contributed by atoms with Gasteiger partial charge < -0.3 is 9.47 Å². The fourth-order valence-electron chi connectivity index (χ4n) is 6.90. The Morgan fingerprint density at radius 3 is 0.894 bits per heavy atom. The Kier molecular flexibility index (Phi) is 33.7. The standard InChI is InChI=1S/C45H83O2/c1-4-7-9-11-13-15-17-19-21-23-25-27-29-31-33-35-41-46-44-39-37-40-45(43(44)38-6-3)47-42-36-34-32-30-28-26-24-22-20-18-16-14-12-10-8-5-2/h37,39-40H,3-36,38,41-42H2,1-2H3. The molecule has 0 atom stereocenters. The molecule has 2 heteroatoms. The zero-order chi connectivity index (χ0) is 33.7. The molecule has 0 spiro atoms. The summed E-state index contributed by atoms with van der Waals surface area (Å²) >= 11 is 0. The van der Waals surface area contributed by atoms with Gasteiger partial charge in [0.25, 0.3) is 0 Å². The van der Waals surface area contributed by atoms with Gasteiger partial charge in [-0.3, -0.25) is 0 Å². The molecule has 2 nitrogen and oxygen atoms in total. The Morgan fingerprint density at radius 2 is 0.638 bits per heavy atom. The first-order valence-electron chi connectivity index (χ1n) is 21.5. The van der Waals surface area contributed by atoms with Gasteiger partial charge >= 0.3 is 0 Å². The van der Waals surface area contributed by atoms with Crippen LogP contribution in [0, 0.1) is 6.92 Å². The largest absolute Gasteiger partial charge is 0.493 e. The Hall–Kier alpha value is -1.18. The lowest BCUT2D eigenvalue weighted by atomic mass is 10.0. The summed E-state index contributed by atoms with van der Waals surface area (Å²) in [5.41, 5.74) is 1.22. The third-order valence-corrected chi connectivity index (χ3v) is 10.0. The van der Waals surface area contributed by atoms with E-state index >= 15 is 0 Å². The molecule has 0 saturated heterocycles. The Balaban J connectivity index is 2.01. The van der Waals surface area contributed by atoms with Crippen molar-refractivity contribution in [1.29, 1.82) is 0 Å². The summed E-state index contributed by atoms with van der Waals surface area (Å²) in [6, 6.07) is 6.34. The van der Waals surface area contributed by atoms with Gasteiger partial charge in [-0.25, -0.2) is 0 Å². The van der Waals surface area contributed by atoms with Crippen LogP contribution in [0.5, 0.6) is 11.5 Å². The molecule has 0 aliphatic rings. The molecule has 0 saturated carbocycles. The average molecular weight is 656 g/mol. The van der Waals surface area contributed by atoms with Crippen LogP contribution in [0.1, 0.15) is 231 Å². The summed E-state index contributed by atoms with van der Waals surface area (Å²) in [5, 5.41) is 0. The second-order valence-electron chi connectivity index (χ2n) is 14.6. The van der Waals surface area contributed by atoms with Crippen molar-refractivity contribution in [2.24, 2.45) is 0 Å². The van der Waals surface area contributed by atoms with Gasteiger partial charge in [0.15, 0.2) is 0 Å². The van der Waals surface area contributed by atoms with Crippen LogP contribution in [0.3, 0.4) is 0 Å². The van der Waals surface area contributed by atoms with Gasteiger partial charge in [0.2, 0.25) is 0 Å². The van der Waals surface area contributed by atoms with Crippen LogP contribution in [0.15, 0.2) is 18.2 Å². The van der Waals surface area contributed by atoms with Crippen LogP contribution < -0.4 is 9.47 Å². The first-order valence-corrected chi connectivity index (χ1v) is 21.5. The lowest BCUT2D eigenvalue weighted by Crippen LogP contribution is -2.04. The minimum Gasteiger partial charge on any atom is -0.493 e. The predicted molar refractivity (Wildman–Crippen MR) is 210 cm³/mol. The first-order chi connectivity index (χ1) is 23.3. The lowest BCUT2D eigenvalue weighted by molar-refractivity contribution is 0.284. The van der Waals surface area contributed by atoms with Gasteiger partial charge in [0, 0.05) is 5.56 Å². The van der Waals surface area contributed by atoms with E-state index in [9.17, 15) is 0 Å². The molecule has 0 aromatic heterocycles. The number of unbranched alkanes of at least 4 members (excludes halogenated alkanes) is 30. The zero-order valence-corrected chi connectivity index (χ0v) is 32.2. The second-order valence-corrected chi connectivity index (χ2v) is 14.6. The first kappa shape index (κ1) is 43.8. The van der Waals surface area contributed by atoms with Crippen molar-refractivity contribution in [2.75, 3.05) is 13.2 Å². The Morgan fingerprint density at radius 1 is 0.383 bits per heavy atom. The molecule has 0 fully saturated rings. The quantitative estimate of drug-likeness (QED) is 0.0660. The van der Waals surface area contributed by atoms with Crippen molar-refractivity contribution < 1.29 is 9.47 Å². The molecule has 0 aliphatic carbocycles. The molecular weight excluding hydrogens is 572 g/mol. The van der Waals surface area contributed by atoms with Crippen LogP contribution in [-0.4, -0.2) is 13.2 Å². The highest BCUT2D eigenvalue weighted by Gasteiger charge is 2.10. The van der Waals surface area contributed by atoms with E-state index < -0.39 is 0 Å². The molecule has 1 aromatic rings. The molecule has 1 rings (SSSR count). The maximum absolute atomic E-state index is 6.28. The van der Waals surface area contributed by atoms with E-state index in [1.54, 1.807) is 0 Å². The minimum atomic E-state index is 0.811. The summed E-state index contributed by atoms with van der Waals surface area (Å²) in [6.45, 7) is 10.3. The maximum atomic E-state index is 6.28. The number of ether oxygens (including phenoxy) is 2. The van der Waals surface area contributed by atoms with Gasteiger partial charge in [-0.2, -0.15) is 0 Å². The van der Waals surface area contributed by atoms with Crippen molar-refractivity contribution >= 4 is 0 Å². The van der Waals surface area contributed by atoms with E-state index in [1.807, 2.05) is 0 Å². The highest BCUT2D eigenvalue weighted by Crippen LogP contribution is 2.30. The van der Waals surface area contributed by atoms with Gasteiger partial charge in [-0.05, 0) is 37.8 Å². The molecule has 47 heavy (non-hydrogen) atoms. The summed E-state index contributed by atoms with van der Waals surface area (Å²) in [7, 11) is 0. The third-order valence-electron chi connectivity index (χ3n) is 10.0. The SMILES string of the molecule is [CH2]CCc1c(OCCCCCCCCCCCCCCCCCC)cccc1OCCCCCCCCCCCCCCCCCC. The summed E-state index contributed by atoms with van der Waals surface area (Å²) in [5.74, 6) is 2.03. The molecule has 1 radical (unpaired) electrons. The number of benzene rings is 1. The molecular formula is C45H83O2. The van der Waals surface area contributed by atoms with Crippen LogP contribution >= 0.6 is 0 Å². The molecule has 0 heterocycles. The lowest BCUT2D eigenvalue weighted by Gasteiger charge is -2.16. The van der Waals surface area contributed by atoms with E-state index in [0.29, 0.717) is 0 Å². The fraction of sp³-hybridized carbons (Fsp3) is 0.844. The topological polar surface area (TPSA) is 18.5 Å². The molecule has 0 unspecified atom stereocenters. The van der Waals surface area contributed by atoms with E-state index in [4.69, 9.17) is 9.47 Å². The zero-order valence-electron chi connectivity index (χ0n) is 32.2. The van der Waals surface area contributed by atoms with Gasteiger partial charge in [-0.15, -0.1) is 0 Å². The van der Waals surface area contributed by atoms with Gasteiger partial charge in [0.1, 0.15) is 11.5 Å². The van der Waals surface area contributed by atoms with E-state index in [1.165, 1.54) is 198 Å². The fourth-order valence-corrected chi connectivity index (χ4v) is 6.90. The van der Waals surface area contributed by atoms with E-state index in [2.05, 4.69) is 39.0 Å². The van der Waals surface area contributed by atoms with Crippen LogP contribution in [0.2, 0.25) is 0 Å². The van der Waals surface area contributed by atoms with Crippen LogP contribution in [0.4, 0.5) is 0 Å². The normalized spacial score (nSPS) is 11.4. The summed E-state index contributed by atoms with van der Waals surface area (Å²) in [4.78, 5) is 0. The minimum absolute atomic E-state index is 0.811. The van der Waals surface area contributed by atoms with Crippen LogP contribution in [-0.2, 0) is 6.42 Å². The monoisotopic (exact) mass is 656 g/mol. The van der Waals surface area contributed by atoms with Crippen molar-refractivity contribution in [1.82, 2.24) is 0 Å². The molecule has 0 N–H and O–H groups in total. The van der Waals surface area contributed by atoms with E-state index in [-0.39, 0.29) is 0 Å². The van der Waals surface area contributed by atoms with Gasteiger partial charge in [0.05, 0.1) is 13.2 Å². The second kappa shape index (κ2) is 36.1. The highest BCUT2D eigenvalue weighted by atomic mass is 16.5. The Labute approximate surface area is 296 Å². The number of hydrogen-bond acceptors (Lipinski definition) is 2. The maximum Gasteiger partial charge on any atom is 0.126 e. The number of hydrogen-bond donors (Lipinski definition) is 0. The molecule has 275 valence electrons. The summed E-state index contributed by atoms with van der Waals surface area (Å²) in [6.07, 6.45) is 46.5. The van der Waals surface area contributed by atoms with Crippen molar-refractivity contribution in [3.8, 4) is 11.5 Å². The van der Waals surface area contributed by atoms with Crippen molar-refractivity contribution in [3.05, 3.63) is 30.7 Å². The predicted octanol–water partition coefficient (Wildman–Crippen LogP) is 15.7. The van der Waals surface area contributed by atoms with Gasteiger partial charge in [-0.1, -0.05) is 219 Å².